The normalized spacial score (nSPS) is 16.8. The monoisotopic (exact) mass is 331 g/mol. The predicted molar refractivity (Wildman–Crippen MR) is 78.5 cm³/mol. The molecule has 0 unspecified atom stereocenters. The second-order valence-corrected chi connectivity index (χ2v) is 6.99. The molecule has 1 aliphatic rings. The van der Waals surface area contributed by atoms with Crippen molar-refractivity contribution in [2.24, 2.45) is 0 Å². The minimum absolute atomic E-state index is 0.136. The van der Waals surface area contributed by atoms with Crippen molar-refractivity contribution in [2.45, 2.75) is 6.42 Å². The smallest absolute Gasteiger partial charge is 0.258 e. The maximum absolute atomic E-state index is 10.6. The van der Waals surface area contributed by atoms with E-state index in [9.17, 15) is 10.1 Å². The van der Waals surface area contributed by atoms with Gasteiger partial charge in [-0.2, -0.15) is 0 Å². The Morgan fingerprint density at radius 1 is 1.18 bits per heavy atom. The number of halogens is 1. The summed E-state index contributed by atoms with van der Waals surface area (Å²) in [7, 11) is 0. The molecular formula is C11H10BrNO2S2. The molecule has 0 aromatic heterocycles. The zero-order chi connectivity index (χ0) is 12.3. The molecule has 0 aliphatic carbocycles. The summed E-state index contributed by atoms with van der Waals surface area (Å²) in [6.07, 6.45) is 1.18. The molecule has 0 spiro atoms. The molecule has 2 rings (SSSR count). The number of nitrogens with zero attached hydrogens (tertiary/aromatic N) is 1. The standard InChI is InChI=1S/C11H10BrNO2S2/c12-11-10(16-6-1-7-17-11)8-2-4-9(5-3-8)13(14)15/h2-5H,1,6-7H2. The van der Waals surface area contributed by atoms with Gasteiger partial charge in [-0.3, -0.25) is 10.1 Å². The molecule has 0 fully saturated rings. The van der Waals surface area contributed by atoms with Gasteiger partial charge in [-0.1, -0.05) is 0 Å². The lowest BCUT2D eigenvalue weighted by Gasteiger charge is -2.06. The van der Waals surface area contributed by atoms with Gasteiger partial charge in [0, 0.05) is 17.0 Å². The third-order valence-corrected chi connectivity index (χ3v) is 5.93. The first-order valence-corrected chi connectivity index (χ1v) is 7.85. The number of nitro groups is 1. The maximum atomic E-state index is 10.6. The summed E-state index contributed by atoms with van der Waals surface area (Å²) < 4.78 is 1.13. The quantitative estimate of drug-likeness (QED) is 0.591. The van der Waals surface area contributed by atoms with Crippen LogP contribution in [0.1, 0.15) is 12.0 Å². The predicted octanol–water partition coefficient (Wildman–Crippen LogP) is 4.49. The number of nitro benzene ring substituents is 1. The van der Waals surface area contributed by atoms with Gasteiger partial charge in [0.15, 0.2) is 0 Å². The van der Waals surface area contributed by atoms with Crippen LogP contribution in [0.4, 0.5) is 5.69 Å². The molecule has 90 valence electrons. The molecule has 1 aliphatic heterocycles. The zero-order valence-corrected chi connectivity index (χ0v) is 12.1. The van der Waals surface area contributed by atoms with Crippen molar-refractivity contribution in [2.75, 3.05) is 11.5 Å². The molecule has 6 heteroatoms. The van der Waals surface area contributed by atoms with Crippen LogP contribution in [0.25, 0.3) is 4.91 Å². The van der Waals surface area contributed by atoms with Crippen molar-refractivity contribution in [3.63, 3.8) is 0 Å². The van der Waals surface area contributed by atoms with Crippen LogP contribution in [0.5, 0.6) is 0 Å². The minimum Gasteiger partial charge on any atom is -0.258 e. The molecular weight excluding hydrogens is 322 g/mol. The lowest BCUT2D eigenvalue weighted by atomic mass is 10.2. The molecule has 0 N–H and O–H groups in total. The van der Waals surface area contributed by atoms with Gasteiger partial charge in [-0.05, 0) is 51.6 Å². The van der Waals surface area contributed by atoms with Gasteiger partial charge in [-0.25, -0.2) is 0 Å². The Morgan fingerprint density at radius 2 is 1.82 bits per heavy atom. The fraction of sp³-hybridized carbons (Fsp3) is 0.273. The number of rotatable bonds is 2. The molecule has 0 atom stereocenters. The van der Waals surface area contributed by atoms with E-state index in [0.717, 1.165) is 20.9 Å². The van der Waals surface area contributed by atoms with Crippen molar-refractivity contribution < 1.29 is 4.92 Å². The summed E-state index contributed by atoms with van der Waals surface area (Å²) in [5, 5.41) is 10.6. The lowest BCUT2D eigenvalue weighted by Crippen LogP contribution is -1.88. The van der Waals surface area contributed by atoms with Crippen LogP contribution in [-0.2, 0) is 0 Å². The van der Waals surface area contributed by atoms with Crippen molar-refractivity contribution in [1.82, 2.24) is 0 Å². The Balaban J connectivity index is 2.29. The number of benzene rings is 1. The summed E-state index contributed by atoms with van der Waals surface area (Å²) >= 11 is 7.17. The van der Waals surface area contributed by atoms with E-state index in [1.54, 1.807) is 35.7 Å². The molecule has 1 aromatic carbocycles. The highest BCUT2D eigenvalue weighted by Crippen LogP contribution is 2.42. The van der Waals surface area contributed by atoms with Crippen LogP contribution < -0.4 is 0 Å². The van der Waals surface area contributed by atoms with Crippen LogP contribution in [0, 0.1) is 10.1 Å². The highest BCUT2D eigenvalue weighted by molar-refractivity contribution is 9.14. The van der Waals surface area contributed by atoms with Gasteiger partial charge in [0.05, 0.1) is 8.74 Å². The highest BCUT2D eigenvalue weighted by atomic mass is 79.9. The van der Waals surface area contributed by atoms with Gasteiger partial charge in [0.1, 0.15) is 0 Å². The van der Waals surface area contributed by atoms with Crippen molar-refractivity contribution >= 4 is 50.0 Å². The molecule has 1 aromatic rings. The SMILES string of the molecule is O=[N+]([O-])c1ccc(C2=C(Br)SCCCS2)cc1. The zero-order valence-electron chi connectivity index (χ0n) is 8.89. The fourth-order valence-corrected chi connectivity index (χ4v) is 4.67. The Hall–Kier alpha value is -0.460. The number of non-ortho nitro benzene ring substituents is 1. The largest absolute Gasteiger partial charge is 0.269 e. The first-order valence-electron chi connectivity index (χ1n) is 5.08. The Labute approximate surface area is 116 Å². The van der Waals surface area contributed by atoms with E-state index in [1.165, 1.54) is 11.3 Å². The van der Waals surface area contributed by atoms with E-state index in [2.05, 4.69) is 15.9 Å². The molecule has 0 saturated heterocycles. The maximum Gasteiger partial charge on any atom is 0.269 e. The minimum atomic E-state index is -0.373. The third-order valence-electron chi connectivity index (χ3n) is 2.28. The molecule has 17 heavy (non-hydrogen) atoms. The first kappa shape index (κ1) is 13.0. The van der Waals surface area contributed by atoms with E-state index in [1.807, 2.05) is 12.1 Å². The van der Waals surface area contributed by atoms with Gasteiger partial charge in [0.2, 0.25) is 0 Å². The van der Waals surface area contributed by atoms with E-state index < -0.39 is 0 Å². The average Bonchev–Trinajstić information content (AvgIpc) is 2.54. The van der Waals surface area contributed by atoms with E-state index in [0.29, 0.717) is 0 Å². The summed E-state index contributed by atoms with van der Waals surface area (Å²) in [4.78, 5) is 11.4. The lowest BCUT2D eigenvalue weighted by molar-refractivity contribution is -0.384. The second kappa shape index (κ2) is 5.93. The van der Waals surface area contributed by atoms with Crippen LogP contribution in [0.2, 0.25) is 0 Å². The van der Waals surface area contributed by atoms with Crippen LogP contribution in [0.15, 0.2) is 28.1 Å². The summed E-state index contributed by atoms with van der Waals surface area (Å²) in [5.41, 5.74) is 1.18. The Kier molecular flexibility index (Phi) is 4.53. The van der Waals surface area contributed by atoms with Crippen LogP contribution >= 0.6 is 39.5 Å². The average molecular weight is 332 g/mol. The molecule has 0 radical (unpaired) electrons. The van der Waals surface area contributed by atoms with Gasteiger partial charge < -0.3 is 0 Å². The van der Waals surface area contributed by atoms with Crippen LogP contribution in [0.3, 0.4) is 0 Å². The third kappa shape index (κ3) is 3.26. The fourth-order valence-electron chi connectivity index (χ4n) is 1.45. The van der Waals surface area contributed by atoms with Crippen molar-refractivity contribution in [3.8, 4) is 0 Å². The Bertz CT molecular complexity index is 459. The number of hydrogen-bond acceptors (Lipinski definition) is 4. The van der Waals surface area contributed by atoms with Crippen molar-refractivity contribution in [1.29, 1.82) is 0 Å². The van der Waals surface area contributed by atoms with Crippen molar-refractivity contribution in [3.05, 3.63) is 43.8 Å². The Morgan fingerprint density at radius 3 is 2.47 bits per heavy atom. The highest BCUT2D eigenvalue weighted by Gasteiger charge is 2.13. The molecule has 0 bridgehead atoms. The second-order valence-electron chi connectivity index (χ2n) is 3.46. The van der Waals surface area contributed by atoms with Gasteiger partial charge in [-0.15, -0.1) is 23.5 Å². The first-order chi connectivity index (χ1) is 8.18. The molecule has 0 saturated carbocycles. The summed E-state index contributed by atoms with van der Waals surface area (Å²) in [6, 6.07) is 6.73. The number of hydrogen-bond donors (Lipinski definition) is 0. The summed E-state index contributed by atoms with van der Waals surface area (Å²) in [5.74, 6) is 2.21. The van der Waals surface area contributed by atoms with E-state index >= 15 is 0 Å². The van der Waals surface area contributed by atoms with Crippen LogP contribution in [-0.4, -0.2) is 16.4 Å². The van der Waals surface area contributed by atoms with Gasteiger partial charge in [0.25, 0.3) is 5.69 Å². The number of thioether (sulfide) groups is 2. The summed E-state index contributed by atoms with van der Waals surface area (Å²) in [6.45, 7) is 0. The van der Waals surface area contributed by atoms with E-state index in [-0.39, 0.29) is 10.6 Å². The van der Waals surface area contributed by atoms with E-state index in [4.69, 9.17) is 0 Å². The molecule has 3 nitrogen and oxygen atoms in total. The molecule has 1 heterocycles. The molecule has 0 amide bonds. The topological polar surface area (TPSA) is 43.1 Å². The van der Waals surface area contributed by atoms with Gasteiger partial charge >= 0.3 is 0 Å².